The van der Waals surface area contributed by atoms with Crippen LogP contribution in [0.2, 0.25) is 0 Å². The monoisotopic (exact) mass is 345 g/mol. The number of amides is 3. The second-order valence-corrected chi connectivity index (χ2v) is 5.44. The molecule has 0 saturated heterocycles. The summed E-state index contributed by atoms with van der Waals surface area (Å²) in [4.78, 5) is 24.6. The van der Waals surface area contributed by atoms with Crippen LogP contribution in [-0.2, 0) is 6.54 Å². The summed E-state index contributed by atoms with van der Waals surface area (Å²) in [5.74, 6) is 0.0831. The van der Waals surface area contributed by atoms with Crippen LogP contribution in [-0.4, -0.2) is 37.0 Å². The zero-order valence-electron chi connectivity index (χ0n) is 13.9. The van der Waals surface area contributed by atoms with E-state index in [9.17, 15) is 14.0 Å². The summed E-state index contributed by atoms with van der Waals surface area (Å²) in [6.45, 7) is 1.00. The van der Waals surface area contributed by atoms with E-state index in [1.165, 1.54) is 24.3 Å². The zero-order valence-corrected chi connectivity index (χ0v) is 13.9. The number of urea groups is 1. The van der Waals surface area contributed by atoms with Gasteiger partial charge < -0.3 is 20.7 Å². The molecule has 0 aromatic heterocycles. The number of nitrogens with zero attached hydrogens (tertiary/aromatic N) is 1. The number of halogens is 1. The maximum atomic E-state index is 12.8. The molecule has 0 aliphatic rings. The summed E-state index contributed by atoms with van der Waals surface area (Å²) in [7, 11) is 1.68. The minimum atomic E-state index is -0.596. The summed E-state index contributed by atoms with van der Waals surface area (Å²) in [6, 6.07) is 12.0. The number of hydrogen-bond acceptors (Lipinski definition) is 3. The van der Waals surface area contributed by atoms with Gasteiger partial charge in [0.15, 0.2) is 0 Å². The van der Waals surface area contributed by atoms with Gasteiger partial charge in [-0.2, -0.15) is 0 Å². The lowest BCUT2D eigenvalue weighted by Gasteiger charge is -2.18. The quantitative estimate of drug-likeness (QED) is 0.806. The third-order valence-electron chi connectivity index (χ3n) is 3.52. The van der Waals surface area contributed by atoms with Crippen LogP contribution < -0.4 is 15.8 Å². The third kappa shape index (κ3) is 5.80. The van der Waals surface area contributed by atoms with E-state index in [4.69, 9.17) is 10.5 Å². The van der Waals surface area contributed by atoms with Crippen molar-refractivity contribution in [2.45, 2.75) is 6.54 Å². The Balaban J connectivity index is 1.82. The molecule has 0 unspecified atom stereocenters. The summed E-state index contributed by atoms with van der Waals surface area (Å²) in [5.41, 5.74) is 6.39. The van der Waals surface area contributed by atoms with E-state index in [2.05, 4.69) is 5.32 Å². The van der Waals surface area contributed by atoms with Gasteiger partial charge in [-0.15, -0.1) is 0 Å². The summed E-state index contributed by atoms with van der Waals surface area (Å²) >= 11 is 0. The Hall–Kier alpha value is -3.09. The molecule has 132 valence electrons. The Morgan fingerprint density at radius 3 is 2.36 bits per heavy atom. The first-order chi connectivity index (χ1) is 12.0. The number of primary amides is 1. The molecule has 0 atom stereocenters. The van der Waals surface area contributed by atoms with Crippen molar-refractivity contribution >= 4 is 11.9 Å². The van der Waals surface area contributed by atoms with Gasteiger partial charge in [0, 0.05) is 19.2 Å². The fraction of sp³-hybridized carbons (Fsp3) is 0.222. The van der Waals surface area contributed by atoms with E-state index in [0.29, 0.717) is 31.0 Å². The van der Waals surface area contributed by atoms with Crippen LogP contribution in [0.15, 0.2) is 48.5 Å². The highest BCUT2D eigenvalue weighted by Crippen LogP contribution is 2.11. The smallest absolute Gasteiger partial charge is 0.312 e. The largest absolute Gasteiger partial charge is 0.492 e. The van der Waals surface area contributed by atoms with E-state index in [0.717, 1.165) is 5.56 Å². The van der Waals surface area contributed by atoms with E-state index in [-0.39, 0.29) is 11.7 Å². The lowest BCUT2D eigenvalue weighted by Crippen LogP contribution is -2.31. The summed E-state index contributed by atoms with van der Waals surface area (Å²) < 4.78 is 18.3. The van der Waals surface area contributed by atoms with E-state index >= 15 is 0 Å². The lowest BCUT2D eigenvalue weighted by atomic mass is 10.1. The normalized spacial score (nSPS) is 10.2. The topological polar surface area (TPSA) is 84.7 Å². The number of likely N-dealkylation sites (N-methyl/N-ethyl adjacent to an activating group) is 1. The fourth-order valence-corrected chi connectivity index (χ4v) is 2.11. The van der Waals surface area contributed by atoms with Crippen LogP contribution in [0.5, 0.6) is 5.75 Å². The van der Waals surface area contributed by atoms with Gasteiger partial charge in [-0.3, -0.25) is 4.79 Å². The maximum absolute atomic E-state index is 12.8. The Kier molecular flexibility index (Phi) is 6.33. The van der Waals surface area contributed by atoms with Crippen molar-refractivity contribution in [3.63, 3.8) is 0 Å². The van der Waals surface area contributed by atoms with Gasteiger partial charge >= 0.3 is 6.03 Å². The maximum Gasteiger partial charge on any atom is 0.312 e. The Morgan fingerprint density at radius 1 is 1.12 bits per heavy atom. The molecule has 25 heavy (non-hydrogen) atoms. The first kappa shape index (κ1) is 18.3. The van der Waals surface area contributed by atoms with Gasteiger partial charge in [0.2, 0.25) is 0 Å². The van der Waals surface area contributed by atoms with Crippen molar-refractivity contribution in [3.05, 3.63) is 65.5 Å². The molecule has 3 amide bonds. The first-order valence-corrected chi connectivity index (χ1v) is 7.72. The molecule has 3 N–H and O–H groups in total. The van der Waals surface area contributed by atoms with Gasteiger partial charge in [-0.25, -0.2) is 9.18 Å². The highest BCUT2D eigenvalue weighted by atomic mass is 19.1. The predicted octanol–water partition coefficient (Wildman–Crippen LogP) is 2.15. The zero-order chi connectivity index (χ0) is 18.2. The third-order valence-corrected chi connectivity index (χ3v) is 3.52. The average Bonchev–Trinajstić information content (AvgIpc) is 2.61. The Bertz CT molecular complexity index is 717. The number of nitrogens with two attached hydrogens (primary N) is 1. The van der Waals surface area contributed by atoms with Crippen LogP contribution in [0.1, 0.15) is 15.9 Å². The molecular formula is C18H20FN3O3. The van der Waals surface area contributed by atoms with Crippen molar-refractivity contribution in [2.75, 3.05) is 20.2 Å². The molecule has 2 rings (SSSR count). The van der Waals surface area contributed by atoms with Crippen LogP contribution in [0.3, 0.4) is 0 Å². The molecule has 0 aliphatic heterocycles. The minimum absolute atomic E-state index is 0.142. The van der Waals surface area contributed by atoms with Gasteiger partial charge in [0.1, 0.15) is 18.2 Å². The molecule has 2 aromatic rings. The number of benzene rings is 2. The van der Waals surface area contributed by atoms with Crippen LogP contribution in [0.4, 0.5) is 9.18 Å². The molecular weight excluding hydrogens is 325 g/mol. The SMILES string of the molecule is CN(CCOc1ccc(F)cc1)C(=O)c1ccc(CNC(N)=O)cc1. The highest BCUT2D eigenvalue weighted by Gasteiger charge is 2.11. The average molecular weight is 345 g/mol. The lowest BCUT2D eigenvalue weighted by molar-refractivity contribution is 0.0773. The molecule has 0 heterocycles. The fourth-order valence-electron chi connectivity index (χ4n) is 2.11. The number of nitrogens with one attached hydrogen (secondary N) is 1. The van der Waals surface area contributed by atoms with Crippen molar-refractivity contribution < 1.29 is 18.7 Å². The Morgan fingerprint density at radius 2 is 1.76 bits per heavy atom. The summed E-state index contributed by atoms with van der Waals surface area (Å²) in [5, 5.41) is 2.48. The number of ether oxygens (including phenoxy) is 1. The first-order valence-electron chi connectivity index (χ1n) is 7.72. The Labute approximate surface area is 145 Å². The van der Waals surface area contributed by atoms with Gasteiger partial charge in [-0.1, -0.05) is 12.1 Å². The number of carbonyl (C=O) groups excluding carboxylic acids is 2. The van der Waals surface area contributed by atoms with Crippen molar-refractivity contribution in [3.8, 4) is 5.75 Å². The van der Waals surface area contributed by atoms with E-state index < -0.39 is 6.03 Å². The molecule has 6 nitrogen and oxygen atoms in total. The number of hydrogen-bond donors (Lipinski definition) is 2. The molecule has 7 heteroatoms. The highest BCUT2D eigenvalue weighted by molar-refractivity contribution is 5.94. The minimum Gasteiger partial charge on any atom is -0.492 e. The number of rotatable bonds is 7. The second-order valence-electron chi connectivity index (χ2n) is 5.44. The van der Waals surface area contributed by atoms with E-state index in [1.807, 2.05) is 0 Å². The molecule has 0 saturated carbocycles. The van der Waals surface area contributed by atoms with Gasteiger partial charge in [-0.05, 0) is 42.0 Å². The number of carbonyl (C=O) groups is 2. The molecule has 2 aromatic carbocycles. The molecule has 0 fully saturated rings. The van der Waals surface area contributed by atoms with Crippen molar-refractivity contribution in [1.82, 2.24) is 10.2 Å². The van der Waals surface area contributed by atoms with Gasteiger partial charge in [0.05, 0.1) is 6.54 Å². The molecule has 0 radical (unpaired) electrons. The summed E-state index contributed by atoms with van der Waals surface area (Å²) in [6.07, 6.45) is 0. The van der Waals surface area contributed by atoms with Crippen LogP contribution in [0, 0.1) is 5.82 Å². The predicted molar refractivity (Wildman–Crippen MR) is 91.7 cm³/mol. The van der Waals surface area contributed by atoms with Crippen molar-refractivity contribution in [1.29, 1.82) is 0 Å². The van der Waals surface area contributed by atoms with Crippen LogP contribution in [0.25, 0.3) is 0 Å². The molecule has 0 aliphatic carbocycles. The van der Waals surface area contributed by atoms with Crippen molar-refractivity contribution in [2.24, 2.45) is 5.73 Å². The second kappa shape index (κ2) is 8.68. The standard InChI is InChI=1S/C18H20FN3O3/c1-22(10-11-25-16-8-6-15(19)7-9-16)17(23)14-4-2-13(3-5-14)12-21-18(20)24/h2-9H,10-12H2,1H3,(H3,20,21,24). The van der Waals surface area contributed by atoms with E-state index in [1.54, 1.807) is 36.2 Å². The molecule has 0 spiro atoms. The van der Waals surface area contributed by atoms with Gasteiger partial charge in [0.25, 0.3) is 5.91 Å². The molecule has 0 bridgehead atoms. The van der Waals surface area contributed by atoms with Crippen LogP contribution >= 0.6 is 0 Å².